The van der Waals surface area contributed by atoms with E-state index in [1.165, 1.54) is 17.0 Å². The minimum absolute atomic E-state index is 0.165. The van der Waals surface area contributed by atoms with E-state index in [0.29, 0.717) is 12.0 Å². The average Bonchev–Trinajstić information content (AvgIpc) is 2.81. The molecule has 0 atom stereocenters. The number of unbranched alkanes of at least 4 members (excludes halogenated alkanes) is 3. The predicted octanol–water partition coefficient (Wildman–Crippen LogP) is 7.92. The van der Waals surface area contributed by atoms with Gasteiger partial charge in [-0.15, -0.1) is 11.8 Å². The molecule has 168 valence electrons. The Bertz CT molecular complexity index is 1200. The Morgan fingerprint density at radius 3 is 2.00 bits per heavy atom. The van der Waals surface area contributed by atoms with Crippen LogP contribution in [0, 0.1) is 42.2 Å². The smallest absolute Gasteiger partial charge is 0.130 e. The molecule has 33 heavy (non-hydrogen) atoms. The number of hydrogen-bond donors (Lipinski definition) is 0. The van der Waals surface area contributed by atoms with Crippen molar-refractivity contribution in [2.45, 2.75) is 50.8 Å². The SMILES string of the molecule is CCCCCCc1c(F)cc(C#Cc2ccc(C#Cc3ccc(SC)cc3)c(C)c2)cc1F. The third kappa shape index (κ3) is 7.24. The molecule has 3 aromatic carbocycles. The lowest BCUT2D eigenvalue weighted by molar-refractivity contribution is 0.542. The minimum Gasteiger partial charge on any atom is -0.207 e. The fraction of sp³-hybridized carbons (Fsp3) is 0.267. The van der Waals surface area contributed by atoms with E-state index in [1.54, 1.807) is 11.8 Å². The van der Waals surface area contributed by atoms with Gasteiger partial charge >= 0.3 is 0 Å². The monoisotopic (exact) mass is 458 g/mol. The van der Waals surface area contributed by atoms with E-state index >= 15 is 0 Å². The summed E-state index contributed by atoms with van der Waals surface area (Å²) in [4.78, 5) is 1.21. The maximum absolute atomic E-state index is 14.4. The first-order valence-electron chi connectivity index (χ1n) is 11.3. The van der Waals surface area contributed by atoms with Crippen LogP contribution in [-0.2, 0) is 6.42 Å². The fourth-order valence-electron chi connectivity index (χ4n) is 3.48. The van der Waals surface area contributed by atoms with Crippen LogP contribution in [0.5, 0.6) is 0 Å². The van der Waals surface area contributed by atoms with Crippen LogP contribution in [0.2, 0.25) is 0 Å². The molecule has 0 fully saturated rings. The topological polar surface area (TPSA) is 0 Å². The summed E-state index contributed by atoms with van der Waals surface area (Å²) < 4.78 is 28.8. The van der Waals surface area contributed by atoms with Gasteiger partial charge in [0.2, 0.25) is 0 Å². The first kappa shape index (κ1) is 24.6. The number of halogens is 2. The number of thioether (sulfide) groups is 1. The molecule has 0 aliphatic carbocycles. The van der Waals surface area contributed by atoms with Gasteiger partial charge in [-0.25, -0.2) is 8.78 Å². The lowest BCUT2D eigenvalue weighted by Crippen LogP contribution is -1.97. The fourth-order valence-corrected chi connectivity index (χ4v) is 3.89. The standard InChI is InChI=1S/C30H28F2S/c1-4-5-6-7-8-28-29(31)20-25(21-30(28)32)10-9-24-12-16-26(22(2)19-24)15-11-23-13-17-27(33-3)18-14-23/h12-14,16-21H,4-8H2,1-3H3. The van der Waals surface area contributed by atoms with E-state index in [4.69, 9.17) is 0 Å². The van der Waals surface area contributed by atoms with Crippen molar-refractivity contribution in [2.24, 2.45) is 0 Å². The van der Waals surface area contributed by atoms with Crippen LogP contribution in [0.1, 0.15) is 66.0 Å². The van der Waals surface area contributed by atoms with Crippen LogP contribution in [-0.4, -0.2) is 6.26 Å². The first-order chi connectivity index (χ1) is 16.0. The highest BCUT2D eigenvalue weighted by Crippen LogP contribution is 2.19. The van der Waals surface area contributed by atoms with Crippen molar-refractivity contribution in [1.29, 1.82) is 0 Å². The molecule has 0 aliphatic heterocycles. The molecule has 3 heteroatoms. The van der Waals surface area contributed by atoms with Gasteiger partial charge in [-0.05, 0) is 86.2 Å². The van der Waals surface area contributed by atoms with Gasteiger partial charge in [0, 0.05) is 32.7 Å². The van der Waals surface area contributed by atoms with Crippen LogP contribution >= 0.6 is 11.8 Å². The zero-order chi connectivity index (χ0) is 23.6. The molecule has 0 spiro atoms. The van der Waals surface area contributed by atoms with E-state index in [-0.39, 0.29) is 5.56 Å². The average molecular weight is 459 g/mol. The second-order valence-electron chi connectivity index (χ2n) is 7.99. The summed E-state index contributed by atoms with van der Waals surface area (Å²) in [7, 11) is 0. The third-order valence-electron chi connectivity index (χ3n) is 5.43. The molecular weight excluding hydrogens is 430 g/mol. The van der Waals surface area contributed by atoms with Crippen molar-refractivity contribution < 1.29 is 8.78 Å². The summed E-state index contributed by atoms with van der Waals surface area (Å²) in [5, 5.41) is 0. The number of benzene rings is 3. The zero-order valence-electron chi connectivity index (χ0n) is 19.4. The molecule has 0 unspecified atom stereocenters. The Hall–Kier alpha value is -3.01. The van der Waals surface area contributed by atoms with Crippen molar-refractivity contribution in [1.82, 2.24) is 0 Å². The van der Waals surface area contributed by atoms with Crippen LogP contribution < -0.4 is 0 Å². The largest absolute Gasteiger partial charge is 0.207 e. The highest BCUT2D eigenvalue weighted by Gasteiger charge is 2.10. The van der Waals surface area contributed by atoms with E-state index in [0.717, 1.165) is 47.9 Å². The van der Waals surface area contributed by atoms with Gasteiger partial charge < -0.3 is 0 Å². The van der Waals surface area contributed by atoms with Gasteiger partial charge in [0.05, 0.1) is 0 Å². The normalized spacial score (nSPS) is 10.2. The molecule has 0 bridgehead atoms. The predicted molar refractivity (Wildman–Crippen MR) is 136 cm³/mol. The van der Waals surface area contributed by atoms with Crippen molar-refractivity contribution in [3.05, 3.63) is 99.6 Å². The summed E-state index contributed by atoms with van der Waals surface area (Å²) in [6, 6.07) is 16.6. The summed E-state index contributed by atoms with van der Waals surface area (Å²) in [5.41, 5.74) is 4.20. The van der Waals surface area contributed by atoms with Crippen LogP contribution in [0.15, 0.2) is 59.5 Å². The van der Waals surface area contributed by atoms with Crippen LogP contribution in [0.3, 0.4) is 0 Å². The Morgan fingerprint density at radius 1 is 0.727 bits per heavy atom. The van der Waals surface area contributed by atoms with E-state index in [1.807, 2.05) is 43.5 Å². The molecular formula is C30H28F2S. The summed E-state index contributed by atoms with van der Waals surface area (Å²) in [5.74, 6) is 11.3. The lowest BCUT2D eigenvalue weighted by Gasteiger charge is -2.06. The molecule has 0 nitrogen and oxygen atoms in total. The van der Waals surface area contributed by atoms with E-state index < -0.39 is 11.6 Å². The van der Waals surface area contributed by atoms with Crippen molar-refractivity contribution in [3.63, 3.8) is 0 Å². The maximum Gasteiger partial charge on any atom is 0.130 e. The molecule has 0 aromatic heterocycles. The Labute approximate surface area is 200 Å². The summed E-state index contributed by atoms with van der Waals surface area (Å²) >= 11 is 1.70. The highest BCUT2D eigenvalue weighted by molar-refractivity contribution is 7.98. The second-order valence-corrected chi connectivity index (χ2v) is 8.87. The maximum atomic E-state index is 14.4. The number of rotatable bonds is 6. The van der Waals surface area contributed by atoms with Gasteiger partial charge in [-0.1, -0.05) is 49.9 Å². The van der Waals surface area contributed by atoms with E-state index in [9.17, 15) is 8.78 Å². The molecule has 0 aliphatic rings. The number of aryl methyl sites for hydroxylation is 1. The number of hydrogen-bond acceptors (Lipinski definition) is 1. The molecule has 0 N–H and O–H groups in total. The molecule has 0 saturated heterocycles. The zero-order valence-corrected chi connectivity index (χ0v) is 20.2. The van der Waals surface area contributed by atoms with Gasteiger partial charge in [0.15, 0.2) is 0 Å². The minimum atomic E-state index is -0.511. The third-order valence-corrected chi connectivity index (χ3v) is 6.17. The molecule has 0 heterocycles. The molecule has 0 radical (unpaired) electrons. The summed E-state index contributed by atoms with van der Waals surface area (Å²) in [6.45, 7) is 4.10. The Balaban J connectivity index is 1.72. The van der Waals surface area contributed by atoms with E-state index in [2.05, 4.69) is 42.7 Å². The quantitative estimate of drug-likeness (QED) is 0.205. The van der Waals surface area contributed by atoms with Crippen LogP contribution in [0.4, 0.5) is 8.78 Å². The van der Waals surface area contributed by atoms with Gasteiger partial charge in [0.1, 0.15) is 11.6 Å². The molecule has 0 amide bonds. The molecule has 3 aromatic rings. The van der Waals surface area contributed by atoms with Crippen LogP contribution in [0.25, 0.3) is 0 Å². The van der Waals surface area contributed by atoms with Gasteiger partial charge in [-0.2, -0.15) is 0 Å². The molecule has 0 saturated carbocycles. The van der Waals surface area contributed by atoms with Gasteiger partial charge in [0.25, 0.3) is 0 Å². The van der Waals surface area contributed by atoms with Gasteiger partial charge in [-0.3, -0.25) is 0 Å². The highest BCUT2D eigenvalue weighted by atomic mass is 32.2. The second kappa shape index (κ2) is 12.3. The van der Waals surface area contributed by atoms with Crippen molar-refractivity contribution in [3.8, 4) is 23.7 Å². The first-order valence-corrected chi connectivity index (χ1v) is 12.5. The van der Waals surface area contributed by atoms with Crippen molar-refractivity contribution in [2.75, 3.05) is 6.26 Å². The lowest BCUT2D eigenvalue weighted by atomic mass is 10.0. The Morgan fingerprint density at radius 2 is 1.36 bits per heavy atom. The van der Waals surface area contributed by atoms with Crippen molar-refractivity contribution >= 4 is 11.8 Å². The Kier molecular flexibility index (Phi) is 9.17. The summed E-state index contributed by atoms with van der Waals surface area (Å²) in [6.07, 6.45) is 6.44. The molecule has 3 rings (SSSR count).